The lowest BCUT2D eigenvalue weighted by Crippen LogP contribution is -2.34. The fourth-order valence-corrected chi connectivity index (χ4v) is 3.51. The molecule has 0 heterocycles. The Hall–Kier alpha value is -1.38. The van der Waals surface area contributed by atoms with Crippen LogP contribution < -0.4 is 0 Å². The van der Waals surface area contributed by atoms with Crippen LogP contribution in [0.3, 0.4) is 0 Å². The minimum Gasteiger partial charge on any atom is -0.207 e. The second-order valence-corrected chi connectivity index (χ2v) is 7.93. The van der Waals surface area contributed by atoms with Crippen molar-refractivity contribution in [3.63, 3.8) is 0 Å². The molecule has 0 fully saturated rings. The van der Waals surface area contributed by atoms with Crippen molar-refractivity contribution < 1.29 is 8.42 Å². The third-order valence-corrected chi connectivity index (χ3v) is 4.65. The highest BCUT2D eigenvalue weighted by Gasteiger charge is 2.26. The predicted octanol–water partition coefficient (Wildman–Crippen LogP) is 2.53. The summed E-state index contributed by atoms with van der Waals surface area (Å²) in [6, 6.07) is 6.69. The molecule has 0 saturated carbocycles. The highest BCUT2D eigenvalue weighted by atomic mass is 32.2. The third-order valence-electron chi connectivity index (χ3n) is 2.70. The average molecular weight is 280 g/mol. The van der Waals surface area contributed by atoms with Crippen LogP contribution in [-0.4, -0.2) is 26.3 Å². The van der Waals surface area contributed by atoms with E-state index < -0.39 is 10.0 Å². The number of nitriles is 1. The van der Waals surface area contributed by atoms with Gasteiger partial charge in [-0.3, -0.25) is 0 Å². The first-order valence-electron chi connectivity index (χ1n) is 6.05. The SMILES string of the molecule is Cc1ccc(C#N)cc1S(=O)(=O)N(C)CC(C)(C)C. The zero-order valence-electron chi connectivity index (χ0n) is 12.1. The van der Waals surface area contributed by atoms with Gasteiger partial charge in [-0.25, -0.2) is 12.7 Å². The maximum atomic E-state index is 12.5. The van der Waals surface area contributed by atoms with Gasteiger partial charge in [0, 0.05) is 13.6 Å². The van der Waals surface area contributed by atoms with E-state index in [-0.39, 0.29) is 10.3 Å². The van der Waals surface area contributed by atoms with Gasteiger partial charge in [-0.15, -0.1) is 0 Å². The molecule has 0 atom stereocenters. The van der Waals surface area contributed by atoms with Crippen LogP contribution in [0.4, 0.5) is 0 Å². The molecule has 1 aromatic carbocycles. The van der Waals surface area contributed by atoms with Gasteiger partial charge in [-0.05, 0) is 30.0 Å². The quantitative estimate of drug-likeness (QED) is 0.854. The van der Waals surface area contributed by atoms with E-state index in [1.807, 2.05) is 26.8 Å². The summed E-state index contributed by atoms with van der Waals surface area (Å²) >= 11 is 0. The summed E-state index contributed by atoms with van der Waals surface area (Å²) in [6.07, 6.45) is 0. The summed E-state index contributed by atoms with van der Waals surface area (Å²) in [5, 5.41) is 8.89. The number of aryl methyl sites for hydroxylation is 1. The Morgan fingerprint density at radius 3 is 2.37 bits per heavy atom. The first-order chi connectivity index (χ1) is 8.58. The van der Waals surface area contributed by atoms with Crippen LogP contribution in [0.2, 0.25) is 0 Å². The Kier molecular flexibility index (Phi) is 4.39. The molecule has 1 rings (SSSR count). The normalized spacial score (nSPS) is 12.5. The lowest BCUT2D eigenvalue weighted by atomic mass is 9.97. The number of sulfonamides is 1. The van der Waals surface area contributed by atoms with Gasteiger partial charge >= 0.3 is 0 Å². The second-order valence-electron chi connectivity index (χ2n) is 5.91. The van der Waals surface area contributed by atoms with E-state index >= 15 is 0 Å². The second kappa shape index (κ2) is 5.32. The van der Waals surface area contributed by atoms with Gasteiger partial charge in [0.2, 0.25) is 10.0 Å². The summed E-state index contributed by atoms with van der Waals surface area (Å²) in [5.74, 6) is 0. The Labute approximate surface area is 115 Å². The van der Waals surface area contributed by atoms with E-state index in [0.717, 1.165) is 0 Å². The number of hydrogen-bond donors (Lipinski definition) is 0. The lowest BCUT2D eigenvalue weighted by molar-refractivity contribution is 0.310. The summed E-state index contributed by atoms with van der Waals surface area (Å²) < 4.78 is 26.4. The molecule has 0 amide bonds. The first-order valence-corrected chi connectivity index (χ1v) is 7.49. The van der Waals surface area contributed by atoms with E-state index in [9.17, 15) is 8.42 Å². The Morgan fingerprint density at radius 1 is 1.32 bits per heavy atom. The van der Waals surface area contributed by atoms with Crippen LogP contribution in [-0.2, 0) is 10.0 Å². The van der Waals surface area contributed by atoms with Crippen LogP contribution >= 0.6 is 0 Å². The van der Waals surface area contributed by atoms with Crippen molar-refractivity contribution in [3.05, 3.63) is 29.3 Å². The molecule has 0 radical (unpaired) electrons. The molecule has 0 aliphatic rings. The lowest BCUT2D eigenvalue weighted by Gasteiger charge is -2.26. The molecule has 0 saturated heterocycles. The topological polar surface area (TPSA) is 61.2 Å². The Balaban J connectivity index is 3.24. The summed E-state index contributed by atoms with van der Waals surface area (Å²) in [5.41, 5.74) is 0.885. The Bertz CT molecular complexity index is 607. The van der Waals surface area contributed by atoms with Gasteiger partial charge in [0.15, 0.2) is 0 Å². The summed E-state index contributed by atoms with van der Waals surface area (Å²) in [6.45, 7) is 8.11. The van der Waals surface area contributed by atoms with Gasteiger partial charge in [-0.1, -0.05) is 26.8 Å². The van der Waals surface area contributed by atoms with Crippen molar-refractivity contribution in [1.29, 1.82) is 5.26 Å². The molecule has 1 aromatic rings. The van der Waals surface area contributed by atoms with Gasteiger partial charge in [0.25, 0.3) is 0 Å². The molecule has 0 spiro atoms. The molecular formula is C14H20N2O2S. The molecule has 0 bridgehead atoms. The van der Waals surface area contributed by atoms with E-state index in [2.05, 4.69) is 0 Å². The van der Waals surface area contributed by atoms with Gasteiger partial charge in [0.05, 0.1) is 16.5 Å². The van der Waals surface area contributed by atoms with E-state index in [1.165, 1.54) is 10.4 Å². The summed E-state index contributed by atoms with van der Waals surface area (Å²) in [7, 11) is -1.98. The maximum Gasteiger partial charge on any atom is 0.243 e. The molecule has 0 aromatic heterocycles. The van der Waals surface area contributed by atoms with Crippen LogP contribution in [0.1, 0.15) is 31.9 Å². The molecule has 4 nitrogen and oxygen atoms in total. The van der Waals surface area contributed by atoms with E-state index in [1.54, 1.807) is 26.1 Å². The third kappa shape index (κ3) is 3.79. The molecule has 104 valence electrons. The van der Waals surface area contributed by atoms with Gasteiger partial charge in [-0.2, -0.15) is 5.26 Å². The van der Waals surface area contributed by atoms with Crippen LogP contribution in [0.5, 0.6) is 0 Å². The van der Waals surface area contributed by atoms with Crippen LogP contribution in [0, 0.1) is 23.7 Å². The zero-order chi connectivity index (χ0) is 14.8. The molecule has 0 N–H and O–H groups in total. The monoisotopic (exact) mass is 280 g/mol. The minimum atomic E-state index is -3.55. The number of benzene rings is 1. The molecule has 5 heteroatoms. The van der Waals surface area contributed by atoms with Crippen molar-refractivity contribution in [2.45, 2.75) is 32.6 Å². The maximum absolute atomic E-state index is 12.5. The van der Waals surface area contributed by atoms with Gasteiger partial charge < -0.3 is 0 Å². The zero-order valence-corrected chi connectivity index (χ0v) is 12.9. The fourth-order valence-electron chi connectivity index (χ4n) is 1.87. The van der Waals surface area contributed by atoms with E-state index in [4.69, 9.17) is 5.26 Å². The predicted molar refractivity (Wildman–Crippen MR) is 75.2 cm³/mol. The number of rotatable bonds is 3. The largest absolute Gasteiger partial charge is 0.243 e. The molecule has 19 heavy (non-hydrogen) atoms. The van der Waals surface area contributed by atoms with Crippen LogP contribution in [0.25, 0.3) is 0 Å². The summed E-state index contributed by atoms with van der Waals surface area (Å²) in [4.78, 5) is 0.207. The van der Waals surface area contributed by atoms with Crippen molar-refractivity contribution in [2.24, 2.45) is 5.41 Å². The smallest absolute Gasteiger partial charge is 0.207 e. The number of nitrogens with zero attached hydrogens (tertiary/aromatic N) is 2. The Morgan fingerprint density at radius 2 is 1.89 bits per heavy atom. The van der Waals surface area contributed by atoms with Crippen molar-refractivity contribution in [3.8, 4) is 6.07 Å². The first kappa shape index (κ1) is 15.7. The van der Waals surface area contributed by atoms with E-state index in [0.29, 0.717) is 17.7 Å². The fraction of sp³-hybridized carbons (Fsp3) is 0.500. The van der Waals surface area contributed by atoms with Crippen molar-refractivity contribution >= 4 is 10.0 Å². The number of hydrogen-bond acceptors (Lipinski definition) is 3. The minimum absolute atomic E-state index is 0.122. The van der Waals surface area contributed by atoms with Crippen molar-refractivity contribution in [2.75, 3.05) is 13.6 Å². The highest BCUT2D eigenvalue weighted by molar-refractivity contribution is 7.89. The molecule has 0 unspecified atom stereocenters. The van der Waals surface area contributed by atoms with Crippen LogP contribution in [0.15, 0.2) is 23.1 Å². The van der Waals surface area contributed by atoms with Gasteiger partial charge in [0.1, 0.15) is 0 Å². The molecule has 0 aliphatic carbocycles. The molecular weight excluding hydrogens is 260 g/mol. The highest BCUT2D eigenvalue weighted by Crippen LogP contribution is 2.23. The average Bonchev–Trinajstić information content (AvgIpc) is 2.27. The van der Waals surface area contributed by atoms with Crippen molar-refractivity contribution in [1.82, 2.24) is 4.31 Å². The molecule has 0 aliphatic heterocycles. The standard InChI is InChI=1S/C14H20N2O2S/c1-11-6-7-12(9-15)8-13(11)19(17,18)16(5)10-14(2,3)4/h6-8H,10H2,1-5H3.